The highest BCUT2D eigenvalue weighted by Crippen LogP contribution is 2.25. The summed E-state index contributed by atoms with van der Waals surface area (Å²) in [5.74, 6) is -1.66. The Bertz CT molecular complexity index is 539. The molecule has 1 aromatic rings. The maximum atomic E-state index is 13.8. The maximum Gasteiger partial charge on any atom is 0.322 e. The zero-order valence-electron chi connectivity index (χ0n) is 11.9. The predicted molar refractivity (Wildman–Crippen MR) is 73.3 cm³/mol. The number of ether oxygens (including phenoxy) is 1. The van der Waals surface area contributed by atoms with Crippen LogP contribution in [-0.4, -0.2) is 42.3 Å². The van der Waals surface area contributed by atoms with E-state index >= 15 is 0 Å². The number of methoxy groups -OCH3 is 1. The van der Waals surface area contributed by atoms with E-state index in [-0.39, 0.29) is 23.9 Å². The molecular formula is C14H18F2N2O3. The lowest BCUT2D eigenvalue weighted by Crippen LogP contribution is -2.47. The van der Waals surface area contributed by atoms with Crippen molar-refractivity contribution >= 4 is 11.7 Å². The average molecular weight is 300 g/mol. The maximum absolute atomic E-state index is 13.8. The summed E-state index contributed by atoms with van der Waals surface area (Å²) in [5.41, 5.74) is -0.258. The van der Waals surface area contributed by atoms with E-state index in [1.807, 2.05) is 6.92 Å². The van der Waals surface area contributed by atoms with Crippen molar-refractivity contribution in [2.45, 2.75) is 19.4 Å². The smallest absolute Gasteiger partial charge is 0.322 e. The molecule has 0 radical (unpaired) electrons. The fraction of sp³-hybridized carbons (Fsp3) is 0.500. The Hall–Kier alpha value is -1.89. The number of hydrogen-bond donors (Lipinski definition) is 2. The van der Waals surface area contributed by atoms with Crippen LogP contribution in [0.2, 0.25) is 0 Å². The van der Waals surface area contributed by atoms with Gasteiger partial charge in [-0.1, -0.05) is 6.92 Å². The Balaban J connectivity index is 2.08. The fourth-order valence-electron chi connectivity index (χ4n) is 2.21. The van der Waals surface area contributed by atoms with Crippen molar-refractivity contribution in [1.82, 2.24) is 4.90 Å². The molecule has 1 fully saturated rings. The summed E-state index contributed by atoms with van der Waals surface area (Å²) < 4.78 is 32.0. The van der Waals surface area contributed by atoms with Gasteiger partial charge < -0.3 is 20.1 Å². The molecule has 2 unspecified atom stereocenters. The van der Waals surface area contributed by atoms with E-state index in [1.54, 1.807) is 0 Å². The lowest BCUT2D eigenvalue weighted by molar-refractivity contribution is 0.0463. The SMILES string of the molecule is COc1cc(F)c(NC(=O)N2CCC(C)C(O)C2)cc1F. The van der Waals surface area contributed by atoms with Crippen molar-refractivity contribution in [3.8, 4) is 5.75 Å². The Kier molecular flexibility index (Phi) is 4.62. The topological polar surface area (TPSA) is 61.8 Å². The summed E-state index contributed by atoms with van der Waals surface area (Å²) in [6.45, 7) is 2.54. The van der Waals surface area contributed by atoms with Crippen molar-refractivity contribution in [1.29, 1.82) is 0 Å². The number of aliphatic hydroxyl groups excluding tert-OH is 1. The van der Waals surface area contributed by atoms with Crippen LogP contribution in [0.4, 0.5) is 19.3 Å². The van der Waals surface area contributed by atoms with Gasteiger partial charge >= 0.3 is 6.03 Å². The van der Waals surface area contributed by atoms with Crippen LogP contribution in [0.5, 0.6) is 5.75 Å². The molecule has 0 aromatic heterocycles. The first-order valence-electron chi connectivity index (χ1n) is 6.69. The van der Waals surface area contributed by atoms with Crippen LogP contribution in [0.3, 0.4) is 0 Å². The molecule has 21 heavy (non-hydrogen) atoms. The summed E-state index contributed by atoms with van der Waals surface area (Å²) >= 11 is 0. The van der Waals surface area contributed by atoms with Crippen LogP contribution in [0, 0.1) is 17.6 Å². The van der Waals surface area contributed by atoms with Crippen LogP contribution in [0.1, 0.15) is 13.3 Å². The molecule has 5 nitrogen and oxygen atoms in total. The number of carbonyl (C=O) groups is 1. The van der Waals surface area contributed by atoms with E-state index in [2.05, 4.69) is 10.1 Å². The minimum Gasteiger partial charge on any atom is -0.494 e. The van der Waals surface area contributed by atoms with Crippen LogP contribution in [-0.2, 0) is 0 Å². The van der Waals surface area contributed by atoms with Gasteiger partial charge in [-0.3, -0.25) is 0 Å². The van der Waals surface area contributed by atoms with Gasteiger partial charge in [0.05, 0.1) is 18.9 Å². The second-order valence-corrected chi connectivity index (χ2v) is 5.18. The fourth-order valence-corrected chi connectivity index (χ4v) is 2.21. The molecule has 2 amide bonds. The number of β-amino-alcohol motifs (C(OH)–C–C–N with tert-alkyl or cyclic N) is 1. The molecule has 1 aromatic carbocycles. The van der Waals surface area contributed by atoms with Gasteiger partial charge in [0.15, 0.2) is 17.4 Å². The third-order valence-corrected chi connectivity index (χ3v) is 3.69. The van der Waals surface area contributed by atoms with Gasteiger partial charge in [-0.2, -0.15) is 0 Å². The number of urea groups is 1. The van der Waals surface area contributed by atoms with E-state index < -0.39 is 23.8 Å². The molecule has 116 valence electrons. The third-order valence-electron chi connectivity index (χ3n) is 3.69. The molecule has 2 atom stereocenters. The molecule has 2 N–H and O–H groups in total. The van der Waals surface area contributed by atoms with Gasteiger partial charge in [0.1, 0.15) is 0 Å². The summed E-state index contributed by atoms with van der Waals surface area (Å²) in [7, 11) is 1.23. The first-order valence-corrected chi connectivity index (χ1v) is 6.69. The van der Waals surface area contributed by atoms with Crippen LogP contribution in [0.25, 0.3) is 0 Å². The number of aliphatic hydroxyl groups is 1. The zero-order chi connectivity index (χ0) is 15.6. The first kappa shape index (κ1) is 15.5. The first-order chi connectivity index (χ1) is 9.92. The number of carbonyl (C=O) groups excluding carboxylic acids is 1. The van der Waals surface area contributed by atoms with Crippen LogP contribution >= 0.6 is 0 Å². The van der Waals surface area contributed by atoms with Gasteiger partial charge in [-0.25, -0.2) is 13.6 Å². The lowest BCUT2D eigenvalue weighted by Gasteiger charge is -2.34. The number of piperidine rings is 1. The predicted octanol–water partition coefficient (Wildman–Crippen LogP) is 2.21. The molecule has 1 saturated heterocycles. The standard InChI is InChI=1S/C14H18F2N2O3/c1-8-3-4-18(7-12(8)19)14(20)17-11-5-10(16)13(21-2)6-9(11)15/h5-6,8,12,19H,3-4,7H2,1-2H3,(H,17,20). The number of hydrogen-bond acceptors (Lipinski definition) is 3. The molecular weight excluding hydrogens is 282 g/mol. The number of rotatable bonds is 2. The molecule has 7 heteroatoms. The highest BCUT2D eigenvalue weighted by atomic mass is 19.1. The minimum absolute atomic E-state index is 0.115. The van der Waals surface area contributed by atoms with Gasteiger partial charge in [-0.05, 0) is 12.3 Å². The van der Waals surface area contributed by atoms with Crippen molar-refractivity contribution in [2.75, 3.05) is 25.5 Å². The van der Waals surface area contributed by atoms with E-state index in [9.17, 15) is 18.7 Å². The van der Waals surface area contributed by atoms with Crippen molar-refractivity contribution in [3.63, 3.8) is 0 Å². The Morgan fingerprint density at radius 2 is 2.14 bits per heavy atom. The van der Waals surface area contributed by atoms with Gasteiger partial charge in [0.25, 0.3) is 0 Å². The summed E-state index contributed by atoms with van der Waals surface area (Å²) in [4.78, 5) is 13.4. The molecule has 0 saturated carbocycles. The number of amides is 2. The van der Waals surface area contributed by atoms with E-state index in [0.717, 1.165) is 12.1 Å². The van der Waals surface area contributed by atoms with E-state index in [4.69, 9.17) is 0 Å². The van der Waals surface area contributed by atoms with Crippen molar-refractivity contribution < 1.29 is 23.4 Å². The molecule has 2 rings (SSSR count). The number of nitrogens with one attached hydrogen (secondary N) is 1. The lowest BCUT2D eigenvalue weighted by atomic mass is 9.96. The third kappa shape index (κ3) is 3.41. The molecule has 1 heterocycles. The van der Waals surface area contributed by atoms with E-state index in [0.29, 0.717) is 13.0 Å². The van der Waals surface area contributed by atoms with Gasteiger partial charge in [0, 0.05) is 25.2 Å². The zero-order valence-corrected chi connectivity index (χ0v) is 11.9. The minimum atomic E-state index is -0.785. The summed E-state index contributed by atoms with van der Waals surface area (Å²) in [6, 6.07) is 1.18. The van der Waals surface area contributed by atoms with E-state index in [1.165, 1.54) is 12.0 Å². The van der Waals surface area contributed by atoms with Crippen LogP contribution < -0.4 is 10.1 Å². The van der Waals surface area contributed by atoms with Crippen molar-refractivity contribution in [2.24, 2.45) is 5.92 Å². The second kappa shape index (κ2) is 6.26. The quantitative estimate of drug-likeness (QED) is 0.880. The van der Waals surface area contributed by atoms with Gasteiger partial charge in [-0.15, -0.1) is 0 Å². The number of anilines is 1. The van der Waals surface area contributed by atoms with Gasteiger partial charge in [0.2, 0.25) is 0 Å². The molecule has 0 spiro atoms. The number of nitrogens with zero attached hydrogens (tertiary/aromatic N) is 1. The Morgan fingerprint density at radius 1 is 1.43 bits per heavy atom. The highest BCUT2D eigenvalue weighted by Gasteiger charge is 2.27. The average Bonchev–Trinajstić information content (AvgIpc) is 2.45. The normalized spacial score (nSPS) is 22.0. The number of benzene rings is 1. The Labute approximate surface area is 121 Å². The summed E-state index contributed by atoms with van der Waals surface area (Å²) in [6.07, 6.45) is 0.0515. The molecule has 0 aliphatic carbocycles. The molecule has 1 aliphatic rings. The summed E-state index contributed by atoms with van der Waals surface area (Å²) in [5, 5.41) is 12.1. The monoisotopic (exact) mass is 300 g/mol. The second-order valence-electron chi connectivity index (χ2n) is 5.18. The highest BCUT2D eigenvalue weighted by molar-refractivity contribution is 5.89. The van der Waals surface area contributed by atoms with Crippen LogP contribution in [0.15, 0.2) is 12.1 Å². The number of likely N-dealkylation sites (tertiary alicyclic amines) is 1. The van der Waals surface area contributed by atoms with Crippen molar-refractivity contribution in [3.05, 3.63) is 23.8 Å². The Morgan fingerprint density at radius 3 is 2.76 bits per heavy atom. The molecule has 1 aliphatic heterocycles. The largest absolute Gasteiger partial charge is 0.494 e. The number of halogens is 2. The molecule has 0 bridgehead atoms.